The van der Waals surface area contributed by atoms with Crippen LogP contribution in [0.25, 0.3) is 6.08 Å². The molecule has 0 heterocycles. The number of ether oxygens (including phenoxy) is 1. The number of benzene rings is 2. The van der Waals surface area contributed by atoms with E-state index in [1.165, 1.54) is 30.3 Å². The molecule has 0 atom stereocenters. The van der Waals surface area contributed by atoms with E-state index in [1.807, 2.05) is 0 Å². The van der Waals surface area contributed by atoms with Crippen LogP contribution in [0.3, 0.4) is 0 Å². The van der Waals surface area contributed by atoms with Gasteiger partial charge in [0.15, 0.2) is 6.61 Å². The van der Waals surface area contributed by atoms with Crippen molar-refractivity contribution >= 4 is 39.6 Å². The van der Waals surface area contributed by atoms with Gasteiger partial charge in [-0.25, -0.2) is 9.18 Å². The fourth-order valence-corrected chi connectivity index (χ4v) is 2.24. The van der Waals surface area contributed by atoms with Crippen LogP contribution in [0.1, 0.15) is 11.1 Å². The van der Waals surface area contributed by atoms with Gasteiger partial charge in [0.2, 0.25) is 0 Å². The molecule has 0 unspecified atom stereocenters. The monoisotopic (exact) mass is 445 g/mol. The molecule has 142 valence electrons. The Morgan fingerprint density at radius 1 is 1.11 bits per heavy atom. The van der Waals surface area contributed by atoms with Crippen molar-refractivity contribution in [1.29, 1.82) is 0 Å². The van der Waals surface area contributed by atoms with Gasteiger partial charge in [-0.2, -0.15) is 13.2 Å². The van der Waals surface area contributed by atoms with Gasteiger partial charge in [0, 0.05) is 10.5 Å². The van der Waals surface area contributed by atoms with E-state index < -0.39 is 36.0 Å². The summed E-state index contributed by atoms with van der Waals surface area (Å²) >= 11 is 3.08. The highest BCUT2D eigenvalue weighted by atomic mass is 79.9. The van der Waals surface area contributed by atoms with Crippen LogP contribution < -0.4 is 5.32 Å². The number of esters is 1. The largest absolute Gasteiger partial charge is 0.452 e. The highest BCUT2D eigenvalue weighted by Gasteiger charge is 2.29. The molecule has 0 aromatic heterocycles. The predicted octanol–water partition coefficient (Wildman–Crippen LogP) is 4.80. The predicted molar refractivity (Wildman–Crippen MR) is 94.2 cm³/mol. The van der Waals surface area contributed by atoms with Crippen LogP contribution in [0.5, 0.6) is 0 Å². The van der Waals surface area contributed by atoms with Gasteiger partial charge < -0.3 is 10.1 Å². The summed E-state index contributed by atoms with van der Waals surface area (Å²) in [5, 5.41) is 2.24. The second-order valence-corrected chi connectivity index (χ2v) is 6.15. The van der Waals surface area contributed by atoms with Gasteiger partial charge in [-0.05, 0) is 42.0 Å². The lowest BCUT2D eigenvalue weighted by molar-refractivity contribution is -0.142. The molecule has 9 heteroatoms. The lowest BCUT2D eigenvalue weighted by Crippen LogP contribution is -2.20. The number of nitrogens with one attached hydrogen (secondary N) is 1. The fourth-order valence-electron chi connectivity index (χ4n) is 1.91. The molecule has 2 aromatic rings. The van der Waals surface area contributed by atoms with Crippen LogP contribution >= 0.6 is 15.9 Å². The number of rotatable bonds is 5. The minimum atomic E-state index is -4.44. The summed E-state index contributed by atoms with van der Waals surface area (Å²) in [4.78, 5) is 23.2. The quantitative estimate of drug-likeness (QED) is 0.408. The number of anilines is 1. The third-order valence-corrected chi connectivity index (χ3v) is 3.69. The normalized spacial score (nSPS) is 11.4. The van der Waals surface area contributed by atoms with Crippen molar-refractivity contribution in [3.8, 4) is 0 Å². The molecular formula is C18H12BrF4NO3. The fraction of sp³-hybridized carbons (Fsp3) is 0.111. The third-order valence-electron chi connectivity index (χ3n) is 3.20. The van der Waals surface area contributed by atoms with Crippen molar-refractivity contribution in [3.63, 3.8) is 0 Å². The Labute approximate surface area is 160 Å². The maximum absolute atomic E-state index is 13.6. The summed E-state index contributed by atoms with van der Waals surface area (Å²) in [6.07, 6.45) is -2.23. The van der Waals surface area contributed by atoms with Crippen LogP contribution in [0.2, 0.25) is 0 Å². The maximum atomic E-state index is 13.6. The Bertz CT molecular complexity index is 864. The topological polar surface area (TPSA) is 55.4 Å². The summed E-state index contributed by atoms with van der Waals surface area (Å²) < 4.78 is 56.1. The SMILES string of the molecule is O=C(COC(=O)/C=C/c1ccc(C(F)(F)F)cc1)Nc1ccc(Br)cc1F. The second-order valence-electron chi connectivity index (χ2n) is 5.23. The van der Waals surface area contributed by atoms with Crippen LogP contribution in [0.15, 0.2) is 53.0 Å². The summed E-state index contributed by atoms with van der Waals surface area (Å²) in [6.45, 7) is -0.647. The van der Waals surface area contributed by atoms with Crippen molar-refractivity contribution in [1.82, 2.24) is 0 Å². The highest BCUT2D eigenvalue weighted by Crippen LogP contribution is 2.29. The average molecular weight is 446 g/mol. The van der Waals surface area contributed by atoms with E-state index in [4.69, 9.17) is 0 Å². The third kappa shape index (κ3) is 6.52. The lowest BCUT2D eigenvalue weighted by atomic mass is 10.1. The van der Waals surface area contributed by atoms with E-state index in [2.05, 4.69) is 26.0 Å². The molecule has 0 bridgehead atoms. The summed E-state index contributed by atoms with van der Waals surface area (Å²) in [5.41, 5.74) is -0.528. The minimum absolute atomic E-state index is 0.0699. The Balaban J connectivity index is 1.84. The average Bonchev–Trinajstić information content (AvgIpc) is 2.60. The molecule has 0 spiro atoms. The first-order valence-electron chi connectivity index (χ1n) is 7.42. The first-order chi connectivity index (χ1) is 12.6. The van der Waals surface area contributed by atoms with Gasteiger partial charge in [0.1, 0.15) is 5.82 Å². The molecule has 2 rings (SSSR count). The van der Waals surface area contributed by atoms with Crippen molar-refractivity contribution in [2.75, 3.05) is 11.9 Å². The smallest absolute Gasteiger partial charge is 0.416 e. The van der Waals surface area contributed by atoms with Gasteiger partial charge in [0.05, 0.1) is 11.3 Å². The van der Waals surface area contributed by atoms with Gasteiger partial charge in [-0.15, -0.1) is 0 Å². The van der Waals surface area contributed by atoms with Crippen LogP contribution in [-0.4, -0.2) is 18.5 Å². The van der Waals surface area contributed by atoms with E-state index in [9.17, 15) is 27.2 Å². The van der Waals surface area contributed by atoms with Gasteiger partial charge in [-0.3, -0.25) is 4.79 Å². The molecule has 0 aliphatic rings. The van der Waals surface area contributed by atoms with Crippen molar-refractivity contribution < 1.29 is 31.9 Å². The van der Waals surface area contributed by atoms with Crippen LogP contribution in [0, 0.1) is 5.82 Å². The van der Waals surface area contributed by atoms with E-state index in [0.717, 1.165) is 24.3 Å². The Kier molecular flexibility index (Phi) is 6.73. The van der Waals surface area contributed by atoms with E-state index in [0.29, 0.717) is 10.0 Å². The Morgan fingerprint density at radius 3 is 2.37 bits per heavy atom. The van der Waals surface area contributed by atoms with Crippen LogP contribution in [0.4, 0.5) is 23.2 Å². The van der Waals surface area contributed by atoms with Crippen molar-refractivity contribution in [3.05, 3.63) is 70.0 Å². The Morgan fingerprint density at radius 2 is 1.78 bits per heavy atom. The zero-order valence-electron chi connectivity index (χ0n) is 13.5. The molecule has 0 saturated carbocycles. The second kappa shape index (κ2) is 8.81. The van der Waals surface area contributed by atoms with E-state index >= 15 is 0 Å². The molecule has 1 amide bonds. The van der Waals surface area contributed by atoms with E-state index in [-0.39, 0.29) is 5.69 Å². The molecule has 4 nitrogen and oxygen atoms in total. The molecule has 0 fully saturated rings. The molecule has 1 N–H and O–H groups in total. The zero-order chi connectivity index (χ0) is 20.0. The number of carbonyl (C=O) groups excluding carboxylic acids is 2. The van der Waals surface area contributed by atoms with Gasteiger partial charge in [0.25, 0.3) is 5.91 Å². The molecule has 0 saturated heterocycles. The lowest BCUT2D eigenvalue weighted by Gasteiger charge is -2.07. The molecule has 0 aliphatic carbocycles. The molecule has 0 radical (unpaired) electrons. The highest BCUT2D eigenvalue weighted by molar-refractivity contribution is 9.10. The number of hydrogen-bond donors (Lipinski definition) is 1. The molecule has 2 aromatic carbocycles. The summed E-state index contributed by atoms with van der Waals surface area (Å²) in [6, 6.07) is 8.16. The minimum Gasteiger partial charge on any atom is -0.452 e. The first-order valence-corrected chi connectivity index (χ1v) is 8.21. The van der Waals surface area contributed by atoms with E-state index in [1.54, 1.807) is 0 Å². The van der Waals surface area contributed by atoms with Crippen molar-refractivity contribution in [2.45, 2.75) is 6.18 Å². The summed E-state index contributed by atoms with van der Waals surface area (Å²) in [7, 11) is 0. The van der Waals surface area contributed by atoms with Gasteiger partial charge >= 0.3 is 12.1 Å². The van der Waals surface area contributed by atoms with Crippen molar-refractivity contribution in [2.24, 2.45) is 0 Å². The number of alkyl halides is 3. The van der Waals surface area contributed by atoms with Crippen LogP contribution in [-0.2, 0) is 20.5 Å². The first kappa shape index (κ1) is 20.6. The maximum Gasteiger partial charge on any atom is 0.416 e. The number of amides is 1. The van der Waals surface area contributed by atoms with Gasteiger partial charge in [-0.1, -0.05) is 28.1 Å². The number of halogens is 5. The number of carbonyl (C=O) groups is 2. The number of hydrogen-bond acceptors (Lipinski definition) is 3. The zero-order valence-corrected chi connectivity index (χ0v) is 15.1. The molecule has 27 heavy (non-hydrogen) atoms. The standard InChI is InChI=1S/C18H12BrF4NO3/c19-13-6-7-15(14(20)9-13)24-16(25)10-27-17(26)8-3-11-1-4-12(5-2-11)18(21,22)23/h1-9H,10H2,(H,24,25)/b8-3+. The summed E-state index contributed by atoms with van der Waals surface area (Å²) in [5.74, 6) is -2.28. The molecule has 0 aliphatic heterocycles. The Hall–Kier alpha value is -2.68. The molecular weight excluding hydrogens is 434 g/mol.